The molecule has 3 rings (SSSR count). The lowest BCUT2D eigenvalue weighted by Crippen LogP contribution is -2.52. The minimum Gasteiger partial charge on any atom is -0.355 e. The van der Waals surface area contributed by atoms with Gasteiger partial charge in [0.25, 0.3) is 0 Å². The molecule has 1 aromatic carbocycles. The average molecular weight is 400 g/mol. The van der Waals surface area contributed by atoms with Gasteiger partial charge in [-0.25, -0.2) is 0 Å². The number of amides is 1. The van der Waals surface area contributed by atoms with Crippen molar-refractivity contribution in [3.8, 4) is 0 Å². The van der Waals surface area contributed by atoms with Crippen molar-refractivity contribution in [3.63, 3.8) is 0 Å². The lowest BCUT2D eigenvalue weighted by atomic mass is 10.0. The number of nitrogens with zero attached hydrogens (tertiary/aromatic N) is 3. The minimum absolute atomic E-state index is 0.201. The molecule has 2 fully saturated rings. The van der Waals surface area contributed by atoms with Crippen LogP contribution in [-0.4, -0.2) is 68.0 Å². The van der Waals surface area contributed by atoms with E-state index in [2.05, 4.69) is 63.5 Å². The third-order valence-electron chi connectivity index (χ3n) is 6.34. The molecule has 160 valence electrons. The van der Waals surface area contributed by atoms with Crippen LogP contribution in [0.1, 0.15) is 49.8 Å². The Balaban J connectivity index is 1.37. The van der Waals surface area contributed by atoms with E-state index in [4.69, 9.17) is 0 Å². The predicted octanol–water partition coefficient (Wildman–Crippen LogP) is 2.56. The first-order chi connectivity index (χ1) is 14.1. The van der Waals surface area contributed by atoms with Gasteiger partial charge in [0.1, 0.15) is 0 Å². The molecule has 0 aromatic heterocycles. The van der Waals surface area contributed by atoms with Crippen molar-refractivity contribution in [2.45, 2.75) is 45.6 Å². The Kier molecular flexibility index (Phi) is 7.92. The number of aliphatic imine (C=N–C) groups is 1. The highest BCUT2D eigenvalue weighted by Crippen LogP contribution is 2.26. The van der Waals surface area contributed by atoms with Gasteiger partial charge in [-0.05, 0) is 37.8 Å². The van der Waals surface area contributed by atoms with E-state index in [0.717, 1.165) is 58.1 Å². The molecule has 1 aromatic rings. The van der Waals surface area contributed by atoms with Gasteiger partial charge < -0.3 is 15.5 Å². The van der Waals surface area contributed by atoms with Crippen molar-refractivity contribution >= 4 is 11.9 Å². The van der Waals surface area contributed by atoms with E-state index in [1.54, 1.807) is 0 Å². The Hall–Kier alpha value is -2.08. The quantitative estimate of drug-likeness (QED) is 0.570. The van der Waals surface area contributed by atoms with Crippen molar-refractivity contribution in [1.82, 2.24) is 20.4 Å². The van der Waals surface area contributed by atoms with Crippen LogP contribution < -0.4 is 10.6 Å². The zero-order chi connectivity index (χ0) is 20.6. The van der Waals surface area contributed by atoms with Crippen LogP contribution in [0.25, 0.3) is 0 Å². The number of nitrogens with one attached hydrogen (secondary N) is 2. The fourth-order valence-corrected chi connectivity index (χ4v) is 4.51. The second-order valence-corrected chi connectivity index (χ2v) is 8.37. The molecule has 0 radical (unpaired) electrons. The summed E-state index contributed by atoms with van der Waals surface area (Å²) in [6.07, 6.45) is 4.63. The molecule has 1 saturated heterocycles. The first-order valence-corrected chi connectivity index (χ1v) is 11.1. The Bertz CT molecular complexity index is 690. The number of carbonyl (C=O) groups excluding carboxylic acids is 1. The summed E-state index contributed by atoms with van der Waals surface area (Å²) < 4.78 is 0. The molecule has 6 heteroatoms. The van der Waals surface area contributed by atoms with Gasteiger partial charge in [-0.1, -0.05) is 37.1 Å². The van der Waals surface area contributed by atoms with E-state index in [1.807, 2.05) is 7.05 Å². The number of guanidine groups is 1. The van der Waals surface area contributed by atoms with Gasteiger partial charge in [0, 0.05) is 52.2 Å². The number of benzene rings is 1. The summed E-state index contributed by atoms with van der Waals surface area (Å²) >= 11 is 0. The minimum atomic E-state index is 0.201. The van der Waals surface area contributed by atoms with Gasteiger partial charge in [-0.3, -0.25) is 14.7 Å². The number of aryl methyl sites for hydroxylation is 1. The molecule has 1 amide bonds. The first-order valence-electron chi connectivity index (χ1n) is 11.1. The van der Waals surface area contributed by atoms with E-state index >= 15 is 0 Å². The maximum atomic E-state index is 12.6. The zero-order valence-corrected chi connectivity index (χ0v) is 18.3. The SMILES string of the molecule is CN=C(NCCN1CCN(C(=O)C2CCCC2)CC1)NC(C)c1ccccc1C. The van der Waals surface area contributed by atoms with Crippen LogP contribution in [0.15, 0.2) is 29.3 Å². The van der Waals surface area contributed by atoms with E-state index in [9.17, 15) is 4.79 Å². The molecule has 1 heterocycles. The summed E-state index contributed by atoms with van der Waals surface area (Å²) in [5.41, 5.74) is 2.58. The van der Waals surface area contributed by atoms with Crippen LogP contribution in [0.2, 0.25) is 0 Å². The summed E-state index contributed by atoms with van der Waals surface area (Å²) in [4.78, 5) is 21.5. The highest BCUT2D eigenvalue weighted by Gasteiger charge is 2.29. The van der Waals surface area contributed by atoms with Crippen molar-refractivity contribution in [3.05, 3.63) is 35.4 Å². The van der Waals surface area contributed by atoms with Crippen LogP contribution in [-0.2, 0) is 4.79 Å². The molecule has 2 aliphatic rings. The Morgan fingerprint density at radius 3 is 2.52 bits per heavy atom. The van der Waals surface area contributed by atoms with Gasteiger partial charge >= 0.3 is 0 Å². The van der Waals surface area contributed by atoms with Crippen LogP contribution >= 0.6 is 0 Å². The van der Waals surface area contributed by atoms with Gasteiger partial charge in [0.05, 0.1) is 6.04 Å². The zero-order valence-electron chi connectivity index (χ0n) is 18.3. The number of carbonyl (C=O) groups is 1. The van der Waals surface area contributed by atoms with E-state index in [1.165, 1.54) is 24.0 Å². The lowest BCUT2D eigenvalue weighted by Gasteiger charge is -2.36. The highest BCUT2D eigenvalue weighted by atomic mass is 16.2. The van der Waals surface area contributed by atoms with E-state index in [0.29, 0.717) is 11.8 Å². The average Bonchev–Trinajstić information content (AvgIpc) is 3.28. The third kappa shape index (κ3) is 5.95. The van der Waals surface area contributed by atoms with Gasteiger partial charge in [0.15, 0.2) is 5.96 Å². The summed E-state index contributed by atoms with van der Waals surface area (Å²) in [5, 5.41) is 6.91. The van der Waals surface area contributed by atoms with Crippen molar-refractivity contribution in [2.24, 2.45) is 10.9 Å². The van der Waals surface area contributed by atoms with Crippen molar-refractivity contribution in [1.29, 1.82) is 0 Å². The summed E-state index contributed by atoms with van der Waals surface area (Å²) in [5.74, 6) is 1.53. The monoisotopic (exact) mass is 399 g/mol. The Morgan fingerprint density at radius 2 is 1.86 bits per heavy atom. The van der Waals surface area contributed by atoms with E-state index in [-0.39, 0.29) is 6.04 Å². The Labute approximate surface area is 175 Å². The summed E-state index contributed by atoms with van der Waals surface area (Å²) in [7, 11) is 1.81. The molecule has 2 N–H and O–H groups in total. The molecule has 1 aliphatic heterocycles. The standard InChI is InChI=1S/C23H37N5O/c1-18-8-4-7-11-21(18)19(2)26-23(24-3)25-12-13-27-14-16-28(17-15-27)22(29)20-9-5-6-10-20/h4,7-8,11,19-20H,5-6,9-10,12-17H2,1-3H3,(H2,24,25,26). The fourth-order valence-electron chi connectivity index (χ4n) is 4.51. The lowest BCUT2D eigenvalue weighted by molar-refractivity contribution is -0.137. The maximum Gasteiger partial charge on any atom is 0.225 e. The van der Waals surface area contributed by atoms with Crippen LogP contribution in [0.5, 0.6) is 0 Å². The topological polar surface area (TPSA) is 60.0 Å². The molecule has 29 heavy (non-hydrogen) atoms. The van der Waals surface area contributed by atoms with Crippen molar-refractivity contribution in [2.75, 3.05) is 46.3 Å². The molecule has 1 atom stereocenters. The highest BCUT2D eigenvalue weighted by molar-refractivity contribution is 5.80. The molecule has 6 nitrogen and oxygen atoms in total. The normalized spacial score (nSPS) is 20.0. The smallest absolute Gasteiger partial charge is 0.225 e. The number of rotatable bonds is 6. The molecule has 1 unspecified atom stereocenters. The van der Waals surface area contributed by atoms with E-state index < -0.39 is 0 Å². The predicted molar refractivity (Wildman–Crippen MR) is 119 cm³/mol. The molecular formula is C23H37N5O. The molecule has 1 saturated carbocycles. The van der Waals surface area contributed by atoms with Gasteiger partial charge in [-0.2, -0.15) is 0 Å². The summed E-state index contributed by atoms with van der Waals surface area (Å²) in [6.45, 7) is 9.77. The third-order valence-corrected chi connectivity index (χ3v) is 6.34. The fraction of sp³-hybridized carbons (Fsp3) is 0.652. The second kappa shape index (κ2) is 10.6. The Morgan fingerprint density at radius 1 is 1.17 bits per heavy atom. The van der Waals surface area contributed by atoms with Crippen LogP contribution in [0, 0.1) is 12.8 Å². The second-order valence-electron chi connectivity index (χ2n) is 8.37. The number of hydrogen-bond donors (Lipinski definition) is 2. The first kappa shape index (κ1) is 21.6. The molecular weight excluding hydrogens is 362 g/mol. The summed E-state index contributed by atoms with van der Waals surface area (Å²) in [6, 6.07) is 8.65. The molecule has 0 bridgehead atoms. The van der Waals surface area contributed by atoms with Crippen molar-refractivity contribution < 1.29 is 4.79 Å². The number of piperazine rings is 1. The maximum absolute atomic E-state index is 12.6. The van der Waals surface area contributed by atoms with Crippen LogP contribution in [0.3, 0.4) is 0 Å². The van der Waals surface area contributed by atoms with Crippen LogP contribution in [0.4, 0.5) is 0 Å². The largest absolute Gasteiger partial charge is 0.355 e. The van der Waals surface area contributed by atoms with Gasteiger partial charge in [0.2, 0.25) is 5.91 Å². The molecule has 0 spiro atoms. The number of hydrogen-bond acceptors (Lipinski definition) is 3. The molecule has 1 aliphatic carbocycles. The van der Waals surface area contributed by atoms with Gasteiger partial charge in [-0.15, -0.1) is 0 Å².